The molecule has 4 rings (SSSR count). The van der Waals surface area contributed by atoms with E-state index in [2.05, 4.69) is 11.7 Å². The molecular formula is C27H23NO5. The number of aldehydes is 1. The molecule has 1 heterocycles. The van der Waals surface area contributed by atoms with Crippen LogP contribution in [-0.2, 0) is 0 Å². The Kier molecular flexibility index (Phi) is 6.55. The molecule has 0 amide bonds. The Hall–Kier alpha value is -4.32. The molecule has 6 nitrogen and oxygen atoms in total. The van der Waals surface area contributed by atoms with Gasteiger partial charge < -0.3 is 18.7 Å². The standard InChI is InChI=1S/C27H23NO5/c1-4-15-32-24-14-5-18(17-29)16-23(24)25-26(19-6-10-21(30-2)11-7-19)28-33-27(25)20-8-12-22(31-3)13-9-20/h4-14,16-17H,1,15H2,2-3H3. The molecule has 0 atom stereocenters. The maximum atomic E-state index is 11.6. The molecule has 3 aromatic carbocycles. The Labute approximate surface area is 192 Å². The smallest absolute Gasteiger partial charge is 0.175 e. The Bertz CT molecular complexity index is 1190. The van der Waals surface area contributed by atoms with Crippen LogP contribution in [0.25, 0.3) is 33.7 Å². The van der Waals surface area contributed by atoms with Crippen LogP contribution >= 0.6 is 0 Å². The fraction of sp³-hybridized carbons (Fsp3) is 0.111. The second kappa shape index (κ2) is 9.87. The van der Waals surface area contributed by atoms with Gasteiger partial charge in [0.1, 0.15) is 35.8 Å². The van der Waals surface area contributed by atoms with Crippen molar-refractivity contribution in [2.24, 2.45) is 0 Å². The van der Waals surface area contributed by atoms with Gasteiger partial charge >= 0.3 is 0 Å². The molecule has 0 spiro atoms. The molecule has 0 aliphatic heterocycles. The zero-order chi connectivity index (χ0) is 23.2. The number of aromatic nitrogens is 1. The molecule has 0 unspecified atom stereocenters. The number of ether oxygens (including phenoxy) is 3. The Morgan fingerprint density at radius 1 is 0.909 bits per heavy atom. The van der Waals surface area contributed by atoms with Crippen molar-refractivity contribution < 1.29 is 23.5 Å². The van der Waals surface area contributed by atoms with Crippen LogP contribution in [-0.4, -0.2) is 32.3 Å². The predicted molar refractivity (Wildman–Crippen MR) is 127 cm³/mol. The summed E-state index contributed by atoms with van der Waals surface area (Å²) >= 11 is 0. The number of benzene rings is 3. The third-order valence-corrected chi connectivity index (χ3v) is 5.17. The molecule has 166 valence electrons. The summed E-state index contributed by atoms with van der Waals surface area (Å²) in [5.41, 5.74) is 4.19. The van der Waals surface area contributed by atoms with Crippen molar-refractivity contribution in [1.82, 2.24) is 5.16 Å². The summed E-state index contributed by atoms with van der Waals surface area (Å²) in [5, 5.41) is 4.40. The normalized spacial score (nSPS) is 10.5. The van der Waals surface area contributed by atoms with Crippen molar-refractivity contribution in [3.63, 3.8) is 0 Å². The van der Waals surface area contributed by atoms with Gasteiger partial charge in [0.2, 0.25) is 0 Å². The van der Waals surface area contributed by atoms with E-state index in [1.807, 2.05) is 48.5 Å². The summed E-state index contributed by atoms with van der Waals surface area (Å²) in [5.74, 6) is 2.61. The van der Waals surface area contributed by atoms with Crippen molar-refractivity contribution in [3.8, 4) is 51.0 Å². The highest BCUT2D eigenvalue weighted by Crippen LogP contribution is 2.44. The van der Waals surface area contributed by atoms with Gasteiger partial charge in [0, 0.05) is 22.3 Å². The second-order valence-electron chi connectivity index (χ2n) is 7.17. The largest absolute Gasteiger partial charge is 0.497 e. The van der Waals surface area contributed by atoms with Crippen LogP contribution in [0.1, 0.15) is 10.4 Å². The Morgan fingerprint density at radius 3 is 2.12 bits per heavy atom. The molecule has 4 aromatic rings. The summed E-state index contributed by atoms with van der Waals surface area (Å²) < 4.78 is 22.4. The van der Waals surface area contributed by atoms with E-state index >= 15 is 0 Å². The van der Waals surface area contributed by atoms with Gasteiger partial charge in [-0.25, -0.2) is 0 Å². The van der Waals surface area contributed by atoms with Crippen LogP contribution in [0.2, 0.25) is 0 Å². The van der Waals surface area contributed by atoms with Crippen molar-refractivity contribution in [1.29, 1.82) is 0 Å². The number of carbonyl (C=O) groups is 1. The monoisotopic (exact) mass is 441 g/mol. The van der Waals surface area contributed by atoms with Crippen molar-refractivity contribution in [2.45, 2.75) is 0 Å². The zero-order valence-electron chi connectivity index (χ0n) is 18.4. The minimum atomic E-state index is 0.314. The lowest BCUT2D eigenvalue weighted by Gasteiger charge is -2.13. The van der Waals surface area contributed by atoms with Crippen molar-refractivity contribution >= 4 is 6.29 Å². The second-order valence-corrected chi connectivity index (χ2v) is 7.17. The lowest BCUT2D eigenvalue weighted by atomic mass is 9.94. The van der Waals surface area contributed by atoms with Crippen molar-refractivity contribution in [2.75, 3.05) is 20.8 Å². The number of carbonyl (C=O) groups excluding carboxylic acids is 1. The van der Waals surface area contributed by atoms with E-state index in [9.17, 15) is 4.79 Å². The van der Waals surface area contributed by atoms with E-state index in [4.69, 9.17) is 18.7 Å². The van der Waals surface area contributed by atoms with Crippen LogP contribution in [0.15, 0.2) is 83.9 Å². The van der Waals surface area contributed by atoms with Crippen LogP contribution in [0.3, 0.4) is 0 Å². The van der Waals surface area contributed by atoms with E-state index in [0.29, 0.717) is 40.5 Å². The van der Waals surface area contributed by atoms with Gasteiger partial charge in [-0.2, -0.15) is 0 Å². The predicted octanol–water partition coefficient (Wildman–Crippen LogP) is 6.07. The average molecular weight is 441 g/mol. The molecular weight excluding hydrogens is 418 g/mol. The summed E-state index contributed by atoms with van der Waals surface area (Å²) in [6.45, 7) is 4.04. The first-order valence-corrected chi connectivity index (χ1v) is 10.3. The van der Waals surface area contributed by atoms with Crippen LogP contribution < -0.4 is 14.2 Å². The maximum absolute atomic E-state index is 11.6. The number of hydrogen-bond acceptors (Lipinski definition) is 6. The molecule has 0 bridgehead atoms. The number of rotatable bonds is 9. The molecule has 6 heteroatoms. The topological polar surface area (TPSA) is 70.8 Å². The SMILES string of the molecule is C=CCOc1ccc(C=O)cc1-c1c(-c2ccc(OC)cc2)noc1-c1ccc(OC)cc1. The highest BCUT2D eigenvalue weighted by Gasteiger charge is 2.24. The fourth-order valence-electron chi connectivity index (χ4n) is 3.52. The third-order valence-electron chi connectivity index (χ3n) is 5.17. The minimum Gasteiger partial charge on any atom is -0.497 e. The lowest BCUT2D eigenvalue weighted by molar-refractivity contribution is 0.112. The summed E-state index contributed by atoms with van der Waals surface area (Å²) in [6.07, 6.45) is 2.47. The first-order valence-electron chi connectivity index (χ1n) is 10.3. The molecule has 0 radical (unpaired) electrons. The fourth-order valence-corrected chi connectivity index (χ4v) is 3.52. The minimum absolute atomic E-state index is 0.314. The summed E-state index contributed by atoms with van der Waals surface area (Å²) in [7, 11) is 3.23. The Balaban J connectivity index is 1.96. The first-order chi connectivity index (χ1) is 16.2. The van der Waals surface area contributed by atoms with Gasteiger partial charge in [-0.15, -0.1) is 0 Å². The quantitative estimate of drug-likeness (QED) is 0.232. The summed E-state index contributed by atoms with van der Waals surface area (Å²) in [6, 6.07) is 20.3. The maximum Gasteiger partial charge on any atom is 0.175 e. The zero-order valence-corrected chi connectivity index (χ0v) is 18.4. The van der Waals surface area contributed by atoms with E-state index in [0.717, 1.165) is 28.9 Å². The van der Waals surface area contributed by atoms with Gasteiger partial charge in [-0.1, -0.05) is 17.8 Å². The number of hydrogen-bond donors (Lipinski definition) is 0. The van der Waals surface area contributed by atoms with Gasteiger partial charge in [-0.05, 0) is 66.7 Å². The molecule has 1 aromatic heterocycles. The van der Waals surface area contributed by atoms with Crippen molar-refractivity contribution in [3.05, 3.63) is 84.9 Å². The first kappa shape index (κ1) is 21.9. The number of nitrogens with zero attached hydrogens (tertiary/aromatic N) is 1. The Morgan fingerprint density at radius 2 is 1.55 bits per heavy atom. The van der Waals surface area contributed by atoms with E-state index in [1.165, 1.54) is 0 Å². The van der Waals surface area contributed by atoms with E-state index in [-0.39, 0.29) is 0 Å². The molecule has 0 aliphatic rings. The molecule has 0 saturated carbocycles. The lowest BCUT2D eigenvalue weighted by Crippen LogP contribution is -1.97. The molecule has 0 saturated heterocycles. The van der Waals surface area contributed by atoms with E-state index < -0.39 is 0 Å². The summed E-state index contributed by atoms with van der Waals surface area (Å²) in [4.78, 5) is 11.6. The molecule has 0 fully saturated rings. The molecule has 0 N–H and O–H groups in total. The van der Waals surface area contributed by atoms with Gasteiger partial charge in [0.15, 0.2) is 5.76 Å². The van der Waals surface area contributed by atoms with E-state index in [1.54, 1.807) is 38.5 Å². The highest BCUT2D eigenvalue weighted by atomic mass is 16.5. The number of methoxy groups -OCH3 is 2. The molecule has 0 aliphatic carbocycles. The van der Waals surface area contributed by atoms with Crippen LogP contribution in [0.5, 0.6) is 17.2 Å². The van der Waals surface area contributed by atoms with Crippen LogP contribution in [0, 0.1) is 0 Å². The third kappa shape index (κ3) is 4.50. The van der Waals surface area contributed by atoms with Gasteiger partial charge in [0.25, 0.3) is 0 Å². The average Bonchev–Trinajstić information content (AvgIpc) is 3.32. The van der Waals surface area contributed by atoms with Gasteiger partial charge in [-0.3, -0.25) is 4.79 Å². The molecule has 33 heavy (non-hydrogen) atoms. The van der Waals surface area contributed by atoms with Gasteiger partial charge in [0.05, 0.1) is 19.8 Å². The van der Waals surface area contributed by atoms with Crippen LogP contribution in [0.4, 0.5) is 0 Å². The highest BCUT2D eigenvalue weighted by molar-refractivity contribution is 5.94.